The topological polar surface area (TPSA) is 32.3 Å². The van der Waals surface area contributed by atoms with Crippen LogP contribution in [0.4, 0.5) is 4.79 Å². The average molecular weight is 169 g/mol. The maximum Gasteiger partial charge on any atom is 0.317 e. The van der Waals surface area contributed by atoms with Gasteiger partial charge in [0.05, 0.1) is 0 Å². The van der Waals surface area contributed by atoms with E-state index in [4.69, 9.17) is 0 Å². The van der Waals surface area contributed by atoms with Crippen molar-refractivity contribution in [3.63, 3.8) is 0 Å². The van der Waals surface area contributed by atoms with Gasteiger partial charge in [-0.25, -0.2) is 4.79 Å². The van der Waals surface area contributed by atoms with E-state index < -0.39 is 0 Å². The van der Waals surface area contributed by atoms with Crippen molar-refractivity contribution in [2.45, 2.75) is 31.7 Å². The predicted molar refractivity (Wildman–Crippen MR) is 48.8 cm³/mol. The molecule has 0 spiro atoms. The second kappa shape index (κ2) is 4.33. The Balaban J connectivity index is 2.25. The Labute approximate surface area is 74.1 Å². The van der Waals surface area contributed by atoms with E-state index >= 15 is 0 Å². The van der Waals surface area contributed by atoms with E-state index in [1.54, 1.807) is 11.9 Å². The average Bonchev–Trinajstić information content (AvgIpc) is 2.55. The van der Waals surface area contributed by atoms with Gasteiger partial charge in [0, 0.05) is 19.6 Å². The summed E-state index contributed by atoms with van der Waals surface area (Å²) in [5, 5.41) is 2.98. The van der Waals surface area contributed by atoms with E-state index in [1.165, 1.54) is 12.8 Å². The molecule has 3 heteroatoms. The fraction of sp³-hybridized carbons (Fsp3) is 0.778. The lowest BCUT2D eigenvalue weighted by molar-refractivity contribution is 0.209. The second-order valence-corrected chi connectivity index (χ2v) is 3.35. The maximum atomic E-state index is 11.3. The quantitative estimate of drug-likeness (QED) is 0.666. The first-order valence-electron chi connectivity index (χ1n) is 4.55. The highest BCUT2D eigenvalue weighted by Gasteiger charge is 2.17. The van der Waals surface area contributed by atoms with Gasteiger partial charge in [-0.15, -0.1) is 0 Å². The molecule has 0 aliphatic heterocycles. The lowest BCUT2D eigenvalue weighted by Gasteiger charge is -2.18. The number of nitrogens with zero attached hydrogens (tertiary/aromatic N) is 1. The lowest BCUT2D eigenvalue weighted by atomic mass is 10.2. The number of nitrogens with one attached hydrogen (secondary N) is 1. The molecule has 0 bridgehead atoms. The molecule has 3 nitrogen and oxygen atoms in total. The van der Waals surface area contributed by atoms with E-state index in [2.05, 4.69) is 12.2 Å². The normalized spacial score (nSPS) is 17.8. The van der Waals surface area contributed by atoms with Gasteiger partial charge in [0.1, 0.15) is 0 Å². The van der Waals surface area contributed by atoms with Gasteiger partial charge in [-0.05, 0) is 19.8 Å². The molecule has 1 aliphatic rings. The minimum atomic E-state index is 0.0110. The molecule has 1 radical (unpaired) electrons. The Hall–Kier alpha value is -0.730. The van der Waals surface area contributed by atoms with Crippen LogP contribution in [0.2, 0.25) is 0 Å². The minimum absolute atomic E-state index is 0.0110. The van der Waals surface area contributed by atoms with Gasteiger partial charge in [-0.2, -0.15) is 0 Å². The van der Waals surface area contributed by atoms with Crippen molar-refractivity contribution >= 4 is 6.03 Å². The molecule has 2 amide bonds. The molecule has 0 atom stereocenters. The summed E-state index contributed by atoms with van der Waals surface area (Å²) >= 11 is 0. The molecule has 1 N–H and O–H groups in total. The van der Waals surface area contributed by atoms with E-state index in [-0.39, 0.29) is 6.03 Å². The van der Waals surface area contributed by atoms with Gasteiger partial charge in [-0.1, -0.05) is 12.8 Å². The van der Waals surface area contributed by atoms with Crippen molar-refractivity contribution in [1.29, 1.82) is 0 Å². The number of hydrogen-bond donors (Lipinski definition) is 1. The van der Waals surface area contributed by atoms with E-state index in [1.807, 2.05) is 0 Å². The van der Waals surface area contributed by atoms with Gasteiger partial charge in [0.25, 0.3) is 0 Å². The molecule has 12 heavy (non-hydrogen) atoms. The van der Waals surface area contributed by atoms with Crippen molar-refractivity contribution in [2.24, 2.45) is 0 Å². The fourth-order valence-corrected chi connectivity index (χ4v) is 1.46. The Morgan fingerprint density at radius 1 is 1.58 bits per heavy atom. The number of hydrogen-bond acceptors (Lipinski definition) is 1. The number of amides is 2. The summed E-state index contributed by atoms with van der Waals surface area (Å²) in [5.74, 6) is 0. The number of carbonyl (C=O) groups excluding carboxylic acids is 1. The van der Waals surface area contributed by atoms with E-state index in [0.717, 1.165) is 12.8 Å². The fourth-order valence-electron chi connectivity index (χ4n) is 1.46. The SMILES string of the molecule is [CH2]CN(C)C(=O)NC1CCCC1. The molecule has 1 fully saturated rings. The Kier molecular flexibility index (Phi) is 3.38. The summed E-state index contributed by atoms with van der Waals surface area (Å²) < 4.78 is 0. The molecule has 0 saturated heterocycles. The van der Waals surface area contributed by atoms with Crippen molar-refractivity contribution < 1.29 is 4.79 Å². The summed E-state index contributed by atoms with van der Waals surface area (Å²) in [4.78, 5) is 12.9. The Morgan fingerprint density at radius 3 is 2.67 bits per heavy atom. The largest absolute Gasteiger partial charge is 0.335 e. The highest BCUT2D eigenvalue weighted by atomic mass is 16.2. The van der Waals surface area contributed by atoms with Gasteiger partial charge in [-0.3, -0.25) is 0 Å². The smallest absolute Gasteiger partial charge is 0.317 e. The maximum absolute atomic E-state index is 11.3. The molecule has 1 saturated carbocycles. The van der Waals surface area contributed by atoms with Crippen LogP contribution in [-0.4, -0.2) is 30.6 Å². The summed E-state index contributed by atoms with van der Waals surface area (Å²) in [5.41, 5.74) is 0. The standard InChI is InChI=1S/C9H17N2O/c1-3-11(2)9(12)10-8-6-4-5-7-8/h8H,1,3-7H2,2H3,(H,10,12). The lowest BCUT2D eigenvalue weighted by Crippen LogP contribution is -2.41. The molecule has 0 heterocycles. The summed E-state index contributed by atoms with van der Waals surface area (Å²) in [6.07, 6.45) is 4.77. The first kappa shape index (κ1) is 9.36. The molecule has 1 aliphatic carbocycles. The molecule has 0 unspecified atom stereocenters. The van der Waals surface area contributed by atoms with Crippen LogP contribution in [-0.2, 0) is 0 Å². The van der Waals surface area contributed by atoms with Crippen molar-refractivity contribution in [1.82, 2.24) is 10.2 Å². The number of urea groups is 1. The van der Waals surface area contributed by atoms with Crippen LogP contribution in [0.5, 0.6) is 0 Å². The van der Waals surface area contributed by atoms with Crippen LogP contribution in [0, 0.1) is 6.92 Å². The van der Waals surface area contributed by atoms with Gasteiger partial charge in [0.2, 0.25) is 0 Å². The zero-order valence-electron chi connectivity index (χ0n) is 7.68. The summed E-state index contributed by atoms with van der Waals surface area (Å²) in [7, 11) is 1.76. The molecular weight excluding hydrogens is 152 g/mol. The highest BCUT2D eigenvalue weighted by Crippen LogP contribution is 2.17. The Bertz CT molecular complexity index is 153. The highest BCUT2D eigenvalue weighted by molar-refractivity contribution is 5.74. The molecule has 0 aromatic rings. The van der Waals surface area contributed by atoms with Crippen LogP contribution in [0.1, 0.15) is 25.7 Å². The number of carbonyl (C=O) groups is 1. The Morgan fingerprint density at radius 2 is 2.17 bits per heavy atom. The van der Waals surface area contributed by atoms with Gasteiger partial charge in [0.15, 0.2) is 0 Å². The second-order valence-electron chi connectivity index (χ2n) is 3.35. The molecule has 69 valence electrons. The van der Waals surface area contributed by atoms with Crippen molar-refractivity contribution in [3.8, 4) is 0 Å². The summed E-state index contributed by atoms with van der Waals surface area (Å²) in [6, 6.07) is 0.420. The first-order valence-corrected chi connectivity index (χ1v) is 4.55. The van der Waals surface area contributed by atoms with Crippen molar-refractivity contribution in [2.75, 3.05) is 13.6 Å². The van der Waals surface area contributed by atoms with Crippen LogP contribution in [0.15, 0.2) is 0 Å². The van der Waals surface area contributed by atoms with E-state index in [9.17, 15) is 4.79 Å². The third-order valence-electron chi connectivity index (χ3n) is 2.36. The van der Waals surface area contributed by atoms with Gasteiger partial charge >= 0.3 is 6.03 Å². The molecule has 0 aromatic carbocycles. The monoisotopic (exact) mass is 169 g/mol. The van der Waals surface area contributed by atoms with Crippen LogP contribution < -0.4 is 5.32 Å². The van der Waals surface area contributed by atoms with E-state index in [0.29, 0.717) is 12.6 Å². The van der Waals surface area contributed by atoms with Crippen molar-refractivity contribution in [3.05, 3.63) is 6.92 Å². The zero-order valence-corrected chi connectivity index (χ0v) is 7.68. The van der Waals surface area contributed by atoms with Crippen LogP contribution in [0.25, 0.3) is 0 Å². The molecule has 1 rings (SSSR count). The third-order valence-corrected chi connectivity index (χ3v) is 2.36. The zero-order chi connectivity index (χ0) is 8.97. The number of rotatable bonds is 2. The van der Waals surface area contributed by atoms with Gasteiger partial charge < -0.3 is 10.2 Å². The molecular formula is C9H17N2O. The van der Waals surface area contributed by atoms with Crippen LogP contribution >= 0.6 is 0 Å². The third kappa shape index (κ3) is 2.40. The minimum Gasteiger partial charge on any atom is -0.335 e. The summed E-state index contributed by atoms with van der Waals surface area (Å²) in [6.45, 7) is 4.17. The van der Waals surface area contributed by atoms with Crippen LogP contribution in [0.3, 0.4) is 0 Å². The predicted octanol–water partition coefficient (Wildman–Crippen LogP) is 1.40. The first-order chi connectivity index (χ1) is 5.74. The molecule has 0 aromatic heterocycles.